The Morgan fingerprint density at radius 3 is 2.82 bits per heavy atom. The van der Waals surface area contributed by atoms with E-state index in [9.17, 15) is 0 Å². The first kappa shape index (κ1) is 10.8. The van der Waals surface area contributed by atoms with E-state index in [1.165, 1.54) is 25.7 Å². The van der Waals surface area contributed by atoms with Crippen LogP contribution in [-0.4, -0.2) is 5.16 Å². The number of hydrogen-bond acceptors (Lipinski definition) is 3. The molecule has 1 atom stereocenters. The molecule has 1 aromatic heterocycles. The van der Waals surface area contributed by atoms with Gasteiger partial charge in [0, 0.05) is 17.3 Å². The summed E-state index contributed by atoms with van der Waals surface area (Å²) >= 11 is 0. The molecule has 1 unspecified atom stereocenters. The Morgan fingerprint density at radius 1 is 1.35 bits per heavy atom. The van der Waals surface area contributed by atoms with E-state index in [4.69, 9.17) is 10.3 Å². The summed E-state index contributed by atoms with van der Waals surface area (Å²) in [4.78, 5) is 0. The zero-order valence-corrected chi connectivity index (χ0v) is 10.1. The third-order valence-electron chi connectivity index (χ3n) is 3.78. The van der Waals surface area contributed by atoms with Crippen molar-refractivity contribution in [2.45, 2.75) is 44.6 Å². The number of nitrogens with zero attached hydrogens (tertiary/aromatic N) is 1. The zero-order valence-electron chi connectivity index (χ0n) is 10.1. The first-order valence-electron chi connectivity index (χ1n) is 6.40. The third kappa shape index (κ3) is 1.84. The van der Waals surface area contributed by atoms with Gasteiger partial charge in [-0.25, -0.2) is 0 Å². The van der Waals surface area contributed by atoms with Crippen LogP contribution in [0.15, 0.2) is 22.7 Å². The van der Waals surface area contributed by atoms with Crippen molar-refractivity contribution in [3.8, 4) is 0 Å². The summed E-state index contributed by atoms with van der Waals surface area (Å²) in [5.41, 5.74) is 8.03. The van der Waals surface area contributed by atoms with E-state index in [1.807, 2.05) is 19.1 Å². The van der Waals surface area contributed by atoms with Gasteiger partial charge in [0.1, 0.15) is 11.3 Å². The van der Waals surface area contributed by atoms with Gasteiger partial charge in [-0.05, 0) is 37.5 Å². The maximum atomic E-state index is 5.93. The largest absolute Gasteiger partial charge is 0.360 e. The summed E-state index contributed by atoms with van der Waals surface area (Å²) in [7, 11) is 0. The molecular weight excluding hydrogens is 212 g/mol. The van der Waals surface area contributed by atoms with Crippen LogP contribution in [0, 0.1) is 0 Å². The van der Waals surface area contributed by atoms with Crippen molar-refractivity contribution in [2.75, 3.05) is 0 Å². The molecule has 2 aromatic rings. The molecule has 1 fully saturated rings. The van der Waals surface area contributed by atoms with Gasteiger partial charge in [-0.2, -0.15) is 0 Å². The number of fused-ring (bicyclic) bond motifs is 1. The van der Waals surface area contributed by atoms with Gasteiger partial charge in [-0.1, -0.05) is 24.1 Å². The Hall–Kier alpha value is -1.35. The number of benzene rings is 1. The van der Waals surface area contributed by atoms with Crippen LogP contribution in [0.3, 0.4) is 0 Å². The SMILES string of the molecule is CC(N)c1ccc2noc(C3CCCC3)c2c1. The Bertz CT molecular complexity index is 524. The average molecular weight is 230 g/mol. The lowest BCUT2D eigenvalue weighted by molar-refractivity contribution is 0.368. The molecule has 3 rings (SSSR count). The van der Waals surface area contributed by atoms with E-state index in [-0.39, 0.29) is 6.04 Å². The molecule has 3 heteroatoms. The summed E-state index contributed by atoms with van der Waals surface area (Å²) < 4.78 is 5.54. The molecular formula is C14H18N2O. The predicted octanol–water partition coefficient (Wildman–Crippen LogP) is 3.51. The van der Waals surface area contributed by atoms with Crippen molar-refractivity contribution in [3.05, 3.63) is 29.5 Å². The Morgan fingerprint density at radius 2 is 2.12 bits per heavy atom. The monoisotopic (exact) mass is 230 g/mol. The van der Waals surface area contributed by atoms with Gasteiger partial charge >= 0.3 is 0 Å². The molecule has 0 radical (unpaired) electrons. The van der Waals surface area contributed by atoms with Crippen LogP contribution in [0.1, 0.15) is 55.9 Å². The van der Waals surface area contributed by atoms with Gasteiger partial charge in [-0.15, -0.1) is 0 Å². The predicted molar refractivity (Wildman–Crippen MR) is 67.8 cm³/mol. The third-order valence-corrected chi connectivity index (χ3v) is 3.78. The minimum atomic E-state index is 0.0609. The first-order chi connectivity index (χ1) is 8.25. The molecule has 17 heavy (non-hydrogen) atoms. The van der Waals surface area contributed by atoms with E-state index in [2.05, 4.69) is 11.2 Å². The van der Waals surface area contributed by atoms with E-state index < -0.39 is 0 Å². The van der Waals surface area contributed by atoms with Crippen LogP contribution in [-0.2, 0) is 0 Å². The van der Waals surface area contributed by atoms with Crippen LogP contribution in [0.4, 0.5) is 0 Å². The molecule has 1 heterocycles. The normalized spacial score (nSPS) is 18.9. The number of nitrogens with two attached hydrogens (primary N) is 1. The highest BCUT2D eigenvalue weighted by Crippen LogP contribution is 2.38. The van der Waals surface area contributed by atoms with Crippen molar-refractivity contribution in [3.63, 3.8) is 0 Å². The minimum Gasteiger partial charge on any atom is -0.360 e. The van der Waals surface area contributed by atoms with Gasteiger partial charge in [-0.3, -0.25) is 0 Å². The summed E-state index contributed by atoms with van der Waals surface area (Å²) in [6.45, 7) is 2.00. The molecule has 1 aliphatic rings. The number of aromatic nitrogens is 1. The molecule has 3 nitrogen and oxygen atoms in total. The van der Waals surface area contributed by atoms with Crippen LogP contribution in [0.5, 0.6) is 0 Å². The van der Waals surface area contributed by atoms with Gasteiger partial charge in [0.2, 0.25) is 0 Å². The smallest absolute Gasteiger partial charge is 0.147 e. The van der Waals surface area contributed by atoms with Crippen molar-refractivity contribution in [1.82, 2.24) is 5.16 Å². The second-order valence-corrected chi connectivity index (χ2v) is 5.09. The fraction of sp³-hybridized carbons (Fsp3) is 0.500. The lowest BCUT2D eigenvalue weighted by Crippen LogP contribution is -2.04. The highest BCUT2D eigenvalue weighted by molar-refractivity contribution is 5.81. The van der Waals surface area contributed by atoms with Gasteiger partial charge in [0.05, 0.1) is 0 Å². The maximum Gasteiger partial charge on any atom is 0.147 e. The molecule has 1 saturated carbocycles. The quantitative estimate of drug-likeness (QED) is 0.859. The fourth-order valence-electron chi connectivity index (χ4n) is 2.74. The molecule has 0 spiro atoms. The molecule has 0 amide bonds. The number of rotatable bonds is 2. The van der Waals surface area contributed by atoms with Crippen LogP contribution < -0.4 is 5.73 Å². The zero-order chi connectivity index (χ0) is 11.8. The van der Waals surface area contributed by atoms with Gasteiger partial charge in [0.15, 0.2) is 0 Å². The first-order valence-corrected chi connectivity index (χ1v) is 6.40. The standard InChI is InChI=1S/C14H18N2O/c1-9(15)11-6-7-13-12(8-11)14(17-16-13)10-4-2-3-5-10/h6-10H,2-5,15H2,1H3. The molecule has 0 saturated heterocycles. The topological polar surface area (TPSA) is 52.0 Å². The average Bonchev–Trinajstić information content (AvgIpc) is 2.96. The molecule has 0 bridgehead atoms. The van der Waals surface area contributed by atoms with E-state index in [1.54, 1.807) is 0 Å². The maximum absolute atomic E-state index is 5.93. The number of hydrogen-bond donors (Lipinski definition) is 1. The van der Waals surface area contributed by atoms with Crippen molar-refractivity contribution < 1.29 is 4.52 Å². The van der Waals surface area contributed by atoms with Crippen LogP contribution in [0.25, 0.3) is 10.9 Å². The summed E-state index contributed by atoms with van der Waals surface area (Å²) in [6, 6.07) is 6.25. The van der Waals surface area contributed by atoms with Gasteiger partial charge < -0.3 is 10.3 Å². The lowest BCUT2D eigenvalue weighted by atomic mass is 9.99. The van der Waals surface area contributed by atoms with Crippen LogP contribution >= 0.6 is 0 Å². The molecule has 0 aliphatic heterocycles. The molecule has 1 aromatic carbocycles. The van der Waals surface area contributed by atoms with Crippen LogP contribution in [0.2, 0.25) is 0 Å². The van der Waals surface area contributed by atoms with Crippen molar-refractivity contribution in [2.24, 2.45) is 5.73 Å². The second-order valence-electron chi connectivity index (χ2n) is 5.09. The Kier molecular flexibility index (Phi) is 2.63. The fourth-order valence-corrected chi connectivity index (χ4v) is 2.74. The van der Waals surface area contributed by atoms with E-state index in [0.29, 0.717) is 5.92 Å². The molecule has 1 aliphatic carbocycles. The van der Waals surface area contributed by atoms with Gasteiger partial charge in [0.25, 0.3) is 0 Å². The van der Waals surface area contributed by atoms with Crippen molar-refractivity contribution in [1.29, 1.82) is 0 Å². The minimum absolute atomic E-state index is 0.0609. The highest BCUT2D eigenvalue weighted by atomic mass is 16.5. The second kappa shape index (κ2) is 4.15. The van der Waals surface area contributed by atoms with E-state index >= 15 is 0 Å². The van der Waals surface area contributed by atoms with Crippen molar-refractivity contribution >= 4 is 10.9 Å². The Balaban J connectivity index is 2.08. The summed E-state index contributed by atoms with van der Waals surface area (Å²) in [5.74, 6) is 1.63. The molecule has 90 valence electrons. The highest BCUT2D eigenvalue weighted by Gasteiger charge is 2.23. The summed E-state index contributed by atoms with van der Waals surface area (Å²) in [5, 5.41) is 5.31. The molecule has 2 N–H and O–H groups in total. The van der Waals surface area contributed by atoms with E-state index in [0.717, 1.165) is 22.2 Å². The Labute approximate surface area is 101 Å². The lowest BCUT2D eigenvalue weighted by Gasteiger charge is -2.07. The summed E-state index contributed by atoms with van der Waals surface area (Å²) in [6.07, 6.45) is 5.07.